The first-order valence-corrected chi connectivity index (χ1v) is 5.48. The molecule has 3 nitrogen and oxygen atoms in total. The predicted octanol–water partition coefficient (Wildman–Crippen LogP) is 2.48. The summed E-state index contributed by atoms with van der Waals surface area (Å²) in [6.07, 6.45) is 2.50. The van der Waals surface area contributed by atoms with E-state index in [0.29, 0.717) is 12.8 Å². The van der Waals surface area contributed by atoms with Gasteiger partial charge in [0.15, 0.2) is 0 Å². The summed E-state index contributed by atoms with van der Waals surface area (Å²) in [6, 6.07) is 0. The smallest absolute Gasteiger partial charge is 0.312 e. The van der Waals surface area contributed by atoms with Crippen molar-refractivity contribution in [3.05, 3.63) is 0 Å². The highest BCUT2D eigenvalue weighted by Gasteiger charge is 2.40. The molecule has 0 N–H and O–H groups in total. The molecule has 1 rings (SSSR count). The molecule has 1 aliphatic carbocycles. The molecule has 15 heavy (non-hydrogen) atoms. The first-order valence-electron chi connectivity index (χ1n) is 5.48. The Bertz CT molecular complexity index is 275. The van der Waals surface area contributed by atoms with Crippen LogP contribution in [0.2, 0.25) is 0 Å². The maximum atomic E-state index is 11.9. The number of hydrogen-bond donors (Lipinski definition) is 0. The lowest BCUT2D eigenvalue weighted by molar-refractivity contribution is -0.169. The molecule has 3 heteroatoms. The maximum Gasteiger partial charge on any atom is 0.312 e. The van der Waals surface area contributed by atoms with Crippen molar-refractivity contribution < 1.29 is 14.3 Å². The second kappa shape index (κ2) is 3.95. The molecular weight excluding hydrogens is 192 g/mol. The maximum absolute atomic E-state index is 11.9. The highest BCUT2D eigenvalue weighted by molar-refractivity contribution is 5.88. The van der Waals surface area contributed by atoms with E-state index in [1.165, 1.54) is 0 Å². The standard InChI is InChI=1S/C12H20O3/c1-11(2,3)15-10(14)12(4)7-5-6-9(13)8-12/h5-8H2,1-4H3/t12-/m1/s1. The quantitative estimate of drug-likeness (QED) is 0.627. The molecule has 1 aliphatic rings. The summed E-state index contributed by atoms with van der Waals surface area (Å²) in [5, 5.41) is 0. The van der Waals surface area contributed by atoms with Crippen LogP contribution in [-0.2, 0) is 14.3 Å². The minimum Gasteiger partial charge on any atom is -0.460 e. The lowest BCUT2D eigenvalue weighted by Crippen LogP contribution is -2.39. The normalized spacial score (nSPS) is 27.6. The number of ketones is 1. The molecule has 0 aliphatic heterocycles. The van der Waals surface area contributed by atoms with Gasteiger partial charge in [-0.1, -0.05) is 0 Å². The zero-order chi connectivity index (χ0) is 11.7. The van der Waals surface area contributed by atoms with Crippen LogP contribution in [0.5, 0.6) is 0 Å². The van der Waals surface area contributed by atoms with Crippen LogP contribution in [-0.4, -0.2) is 17.4 Å². The highest BCUT2D eigenvalue weighted by Crippen LogP contribution is 2.36. The molecule has 0 saturated heterocycles. The Kier molecular flexibility index (Phi) is 3.22. The Morgan fingerprint density at radius 3 is 2.47 bits per heavy atom. The van der Waals surface area contributed by atoms with Gasteiger partial charge in [0.2, 0.25) is 0 Å². The average molecular weight is 212 g/mol. The monoisotopic (exact) mass is 212 g/mol. The summed E-state index contributed by atoms with van der Waals surface area (Å²) >= 11 is 0. The molecule has 0 aromatic carbocycles. The fraction of sp³-hybridized carbons (Fsp3) is 0.833. The number of carbonyl (C=O) groups excluding carboxylic acids is 2. The third kappa shape index (κ3) is 3.33. The first-order chi connectivity index (χ1) is 6.73. The number of esters is 1. The minimum absolute atomic E-state index is 0.176. The van der Waals surface area contributed by atoms with Gasteiger partial charge in [-0.05, 0) is 40.5 Å². The van der Waals surface area contributed by atoms with Crippen LogP contribution in [0.25, 0.3) is 0 Å². The number of Topliss-reactive ketones (excluding diaryl/α,β-unsaturated/α-hetero) is 1. The number of hydrogen-bond acceptors (Lipinski definition) is 3. The van der Waals surface area contributed by atoms with Crippen molar-refractivity contribution in [1.29, 1.82) is 0 Å². The van der Waals surface area contributed by atoms with Gasteiger partial charge in [0.05, 0.1) is 5.41 Å². The van der Waals surface area contributed by atoms with Gasteiger partial charge in [-0.3, -0.25) is 9.59 Å². The van der Waals surface area contributed by atoms with Crippen molar-refractivity contribution in [3.8, 4) is 0 Å². The van der Waals surface area contributed by atoms with Crippen LogP contribution in [0, 0.1) is 5.41 Å². The van der Waals surface area contributed by atoms with E-state index in [9.17, 15) is 9.59 Å². The van der Waals surface area contributed by atoms with Crippen LogP contribution in [0.3, 0.4) is 0 Å². The highest BCUT2D eigenvalue weighted by atomic mass is 16.6. The van der Waals surface area contributed by atoms with E-state index in [4.69, 9.17) is 4.74 Å². The zero-order valence-electron chi connectivity index (χ0n) is 10.1. The van der Waals surface area contributed by atoms with Crippen LogP contribution in [0.4, 0.5) is 0 Å². The SMILES string of the molecule is CC(C)(C)OC(=O)[C@]1(C)CCCC(=O)C1. The van der Waals surface area contributed by atoms with Gasteiger partial charge < -0.3 is 4.74 Å². The molecule has 1 fully saturated rings. The largest absolute Gasteiger partial charge is 0.460 e. The Morgan fingerprint density at radius 1 is 1.40 bits per heavy atom. The summed E-state index contributed by atoms with van der Waals surface area (Å²) in [7, 11) is 0. The van der Waals surface area contributed by atoms with Crippen LogP contribution in [0.1, 0.15) is 53.4 Å². The van der Waals surface area contributed by atoms with Gasteiger partial charge in [0.1, 0.15) is 11.4 Å². The summed E-state index contributed by atoms with van der Waals surface area (Å²) in [4.78, 5) is 23.2. The summed E-state index contributed by atoms with van der Waals surface area (Å²) in [6.45, 7) is 7.37. The van der Waals surface area contributed by atoms with E-state index in [-0.39, 0.29) is 11.8 Å². The molecule has 0 bridgehead atoms. The number of ether oxygens (including phenoxy) is 1. The summed E-state index contributed by atoms with van der Waals surface area (Å²) in [5.74, 6) is -0.0577. The first kappa shape index (κ1) is 12.2. The van der Waals surface area contributed by atoms with Gasteiger partial charge >= 0.3 is 5.97 Å². The van der Waals surface area contributed by atoms with Crippen molar-refractivity contribution in [1.82, 2.24) is 0 Å². The zero-order valence-corrected chi connectivity index (χ0v) is 10.1. The van der Waals surface area contributed by atoms with Crippen molar-refractivity contribution >= 4 is 11.8 Å². The molecule has 1 saturated carbocycles. The summed E-state index contributed by atoms with van der Waals surface area (Å²) < 4.78 is 5.34. The molecule has 86 valence electrons. The van der Waals surface area contributed by atoms with Gasteiger partial charge in [-0.15, -0.1) is 0 Å². The Labute approximate surface area is 91.2 Å². The van der Waals surface area contributed by atoms with Crippen molar-refractivity contribution in [2.75, 3.05) is 0 Å². The third-order valence-electron chi connectivity index (χ3n) is 2.66. The number of carbonyl (C=O) groups is 2. The van der Waals surface area contributed by atoms with Crippen molar-refractivity contribution in [2.45, 2.75) is 59.0 Å². The van der Waals surface area contributed by atoms with Gasteiger partial charge in [0.25, 0.3) is 0 Å². The molecule has 0 spiro atoms. The summed E-state index contributed by atoms with van der Waals surface area (Å²) in [5.41, 5.74) is -1.07. The predicted molar refractivity (Wildman–Crippen MR) is 57.4 cm³/mol. The van der Waals surface area contributed by atoms with Crippen molar-refractivity contribution in [3.63, 3.8) is 0 Å². The van der Waals surface area contributed by atoms with Gasteiger partial charge in [-0.25, -0.2) is 0 Å². The number of rotatable bonds is 1. The lowest BCUT2D eigenvalue weighted by Gasteiger charge is -2.33. The molecule has 0 radical (unpaired) electrons. The average Bonchev–Trinajstić information content (AvgIpc) is 2.00. The molecule has 0 aromatic rings. The molecule has 0 amide bonds. The fourth-order valence-electron chi connectivity index (χ4n) is 1.86. The van der Waals surface area contributed by atoms with Gasteiger partial charge in [-0.2, -0.15) is 0 Å². The topological polar surface area (TPSA) is 43.4 Å². The molecule has 0 aromatic heterocycles. The van der Waals surface area contributed by atoms with Crippen LogP contribution < -0.4 is 0 Å². The molecule has 1 atom stereocenters. The minimum atomic E-state index is -0.595. The lowest BCUT2D eigenvalue weighted by atomic mass is 9.75. The second-order valence-electron chi connectivity index (χ2n) is 5.63. The van der Waals surface area contributed by atoms with Crippen molar-refractivity contribution in [2.24, 2.45) is 5.41 Å². The molecular formula is C12H20O3. The second-order valence-corrected chi connectivity index (χ2v) is 5.63. The Hall–Kier alpha value is -0.860. The molecule has 0 heterocycles. The fourth-order valence-corrected chi connectivity index (χ4v) is 1.86. The third-order valence-corrected chi connectivity index (χ3v) is 2.66. The van der Waals surface area contributed by atoms with E-state index < -0.39 is 11.0 Å². The van der Waals surface area contributed by atoms with E-state index in [0.717, 1.165) is 12.8 Å². The van der Waals surface area contributed by atoms with Crippen LogP contribution >= 0.6 is 0 Å². The Balaban J connectivity index is 2.68. The Morgan fingerprint density at radius 2 is 2.00 bits per heavy atom. The van der Waals surface area contributed by atoms with Crippen LogP contribution in [0.15, 0.2) is 0 Å². The van der Waals surface area contributed by atoms with E-state index in [2.05, 4.69) is 0 Å². The molecule has 0 unspecified atom stereocenters. The van der Waals surface area contributed by atoms with Gasteiger partial charge in [0, 0.05) is 12.8 Å². The van der Waals surface area contributed by atoms with E-state index in [1.54, 1.807) is 0 Å². The van der Waals surface area contributed by atoms with E-state index >= 15 is 0 Å². The van der Waals surface area contributed by atoms with E-state index in [1.807, 2.05) is 27.7 Å².